The lowest BCUT2D eigenvalue weighted by atomic mass is 10.0. The quantitative estimate of drug-likeness (QED) is 0.737. The molecule has 2 aliphatic rings. The van der Waals surface area contributed by atoms with Crippen LogP contribution < -0.4 is 0 Å². The molecule has 1 N–H and O–H groups in total. The number of amides is 1. The highest BCUT2D eigenvalue weighted by Crippen LogP contribution is 2.33. The van der Waals surface area contributed by atoms with Crippen LogP contribution in [0.2, 0.25) is 0 Å². The Balaban J connectivity index is 1.87. The maximum Gasteiger partial charge on any atom is 0.223 e. The van der Waals surface area contributed by atoms with Gasteiger partial charge in [0.15, 0.2) is 0 Å². The number of nitrogens with zero attached hydrogens (tertiary/aromatic N) is 1. The molecule has 2 rings (SSSR count). The van der Waals surface area contributed by atoms with Gasteiger partial charge in [0.25, 0.3) is 0 Å². The first kappa shape index (κ1) is 9.97. The molecule has 1 heterocycles. The lowest BCUT2D eigenvalue weighted by molar-refractivity contribution is -0.136. The Hall–Kier alpha value is -0.570. The zero-order chi connectivity index (χ0) is 9.97. The second-order valence-electron chi connectivity index (χ2n) is 4.57. The van der Waals surface area contributed by atoms with Crippen LogP contribution in [-0.2, 0) is 4.79 Å². The molecule has 0 spiro atoms. The molecular formula is C11H19NO2. The van der Waals surface area contributed by atoms with Gasteiger partial charge in [0.2, 0.25) is 5.91 Å². The summed E-state index contributed by atoms with van der Waals surface area (Å²) >= 11 is 0. The van der Waals surface area contributed by atoms with Crippen LogP contribution in [0.5, 0.6) is 0 Å². The van der Waals surface area contributed by atoms with Crippen molar-refractivity contribution < 1.29 is 9.90 Å². The molecule has 1 aliphatic heterocycles. The van der Waals surface area contributed by atoms with Crippen molar-refractivity contribution >= 4 is 5.91 Å². The van der Waals surface area contributed by atoms with E-state index >= 15 is 0 Å². The molecule has 0 aromatic heterocycles. The minimum absolute atomic E-state index is 0.106. The van der Waals surface area contributed by atoms with Crippen LogP contribution in [0.1, 0.15) is 38.5 Å². The number of aliphatic hydroxyl groups excluding tert-OH is 1. The summed E-state index contributed by atoms with van der Waals surface area (Å²) in [5, 5.41) is 9.17. The standard InChI is InChI=1S/C11H19NO2/c13-8-10-3-1-2-6-12(10)11(14)7-9-4-5-9/h9-10,13H,1-8H2. The number of piperidine rings is 1. The zero-order valence-corrected chi connectivity index (χ0v) is 8.61. The van der Waals surface area contributed by atoms with Crippen LogP contribution in [-0.4, -0.2) is 35.1 Å². The van der Waals surface area contributed by atoms with Gasteiger partial charge in [-0.15, -0.1) is 0 Å². The summed E-state index contributed by atoms with van der Waals surface area (Å²) in [5.41, 5.74) is 0. The Morgan fingerprint density at radius 1 is 1.29 bits per heavy atom. The molecule has 0 bridgehead atoms. The van der Waals surface area contributed by atoms with Crippen LogP contribution in [0.15, 0.2) is 0 Å². The fourth-order valence-corrected chi connectivity index (χ4v) is 2.20. The Kier molecular flexibility index (Phi) is 3.06. The second kappa shape index (κ2) is 4.30. The Labute approximate surface area is 85.1 Å². The first-order chi connectivity index (χ1) is 6.81. The number of carbonyl (C=O) groups is 1. The highest BCUT2D eigenvalue weighted by atomic mass is 16.3. The van der Waals surface area contributed by atoms with Crippen LogP contribution in [0.25, 0.3) is 0 Å². The van der Waals surface area contributed by atoms with Gasteiger partial charge in [-0.3, -0.25) is 4.79 Å². The fourth-order valence-electron chi connectivity index (χ4n) is 2.20. The third-order valence-electron chi connectivity index (χ3n) is 3.32. The molecule has 14 heavy (non-hydrogen) atoms. The van der Waals surface area contributed by atoms with E-state index in [1.165, 1.54) is 12.8 Å². The number of likely N-dealkylation sites (tertiary alicyclic amines) is 1. The summed E-state index contributed by atoms with van der Waals surface area (Å²) in [6, 6.07) is 0.106. The molecule has 3 nitrogen and oxygen atoms in total. The molecule has 0 aromatic rings. The fraction of sp³-hybridized carbons (Fsp3) is 0.909. The normalized spacial score (nSPS) is 27.8. The Morgan fingerprint density at radius 3 is 2.71 bits per heavy atom. The van der Waals surface area contributed by atoms with Crippen molar-refractivity contribution in [2.45, 2.75) is 44.6 Å². The van der Waals surface area contributed by atoms with Crippen molar-refractivity contribution in [3.05, 3.63) is 0 Å². The van der Waals surface area contributed by atoms with E-state index in [9.17, 15) is 4.79 Å². The molecule has 0 radical (unpaired) electrons. The Morgan fingerprint density at radius 2 is 2.07 bits per heavy atom. The van der Waals surface area contributed by atoms with Gasteiger partial charge in [-0.05, 0) is 38.0 Å². The van der Waals surface area contributed by atoms with E-state index in [4.69, 9.17) is 5.11 Å². The van der Waals surface area contributed by atoms with E-state index in [1.807, 2.05) is 4.90 Å². The highest BCUT2D eigenvalue weighted by Gasteiger charge is 2.31. The monoisotopic (exact) mass is 197 g/mol. The van der Waals surface area contributed by atoms with Gasteiger partial charge in [-0.2, -0.15) is 0 Å². The molecule has 2 fully saturated rings. The van der Waals surface area contributed by atoms with Crippen molar-refractivity contribution in [2.24, 2.45) is 5.92 Å². The van der Waals surface area contributed by atoms with Crippen molar-refractivity contribution in [1.82, 2.24) is 4.90 Å². The zero-order valence-electron chi connectivity index (χ0n) is 8.61. The van der Waals surface area contributed by atoms with E-state index < -0.39 is 0 Å². The maximum atomic E-state index is 11.8. The molecule has 1 atom stereocenters. The van der Waals surface area contributed by atoms with E-state index in [0.29, 0.717) is 5.92 Å². The topological polar surface area (TPSA) is 40.5 Å². The first-order valence-corrected chi connectivity index (χ1v) is 5.71. The highest BCUT2D eigenvalue weighted by molar-refractivity contribution is 5.77. The summed E-state index contributed by atoms with van der Waals surface area (Å²) < 4.78 is 0. The molecule has 1 saturated heterocycles. The SMILES string of the molecule is O=C(CC1CC1)N1CCCCC1CO. The van der Waals surface area contributed by atoms with Crippen molar-refractivity contribution in [1.29, 1.82) is 0 Å². The molecule has 80 valence electrons. The van der Waals surface area contributed by atoms with Crippen molar-refractivity contribution in [3.8, 4) is 0 Å². The predicted octanol–water partition coefficient (Wildman–Crippen LogP) is 1.16. The van der Waals surface area contributed by atoms with Crippen LogP contribution in [0, 0.1) is 5.92 Å². The number of hydrogen-bond acceptors (Lipinski definition) is 2. The molecule has 1 amide bonds. The smallest absolute Gasteiger partial charge is 0.223 e. The lowest BCUT2D eigenvalue weighted by Crippen LogP contribution is -2.45. The number of rotatable bonds is 3. The molecule has 3 heteroatoms. The summed E-state index contributed by atoms with van der Waals surface area (Å²) in [5.74, 6) is 0.926. The summed E-state index contributed by atoms with van der Waals surface area (Å²) in [6.07, 6.45) is 6.40. The van der Waals surface area contributed by atoms with Gasteiger partial charge in [0, 0.05) is 13.0 Å². The third-order valence-corrected chi connectivity index (χ3v) is 3.32. The van der Waals surface area contributed by atoms with Gasteiger partial charge in [0.1, 0.15) is 0 Å². The molecular weight excluding hydrogens is 178 g/mol. The van der Waals surface area contributed by atoms with Crippen molar-refractivity contribution in [2.75, 3.05) is 13.2 Å². The predicted molar refractivity (Wildman–Crippen MR) is 53.8 cm³/mol. The van der Waals surface area contributed by atoms with Gasteiger partial charge in [-0.25, -0.2) is 0 Å². The molecule has 1 aliphatic carbocycles. The minimum Gasteiger partial charge on any atom is -0.394 e. The van der Waals surface area contributed by atoms with Crippen LogP contribution >= 0.6 is 0 Å². The van der Waals surface area contributed by atoms with E-state index in [2.05, 4.69) is 0 Å². The van der Waals surface area contributed by atoms with Crippen LogP contribution in [0.4, 0.5) is 0 Å². The molecule has 0 aromatic carbocycles. The van der Waals surface area contributed by atoms with Gasteiger partial charge >= 0.3 is 0 Å². The second-order valence-corrected chi connectivity index (χ2v) is 4.57. The summed E-state index contributed by atoms with van der Waals surface area (Å²) in [6.45, 7) is 0.993. The number of aliphatic hydroxyl groups is 1. The Bertz CT molecular complexity index is 213. The average molecular weight is 197 g/mol. The first-order valence-electron chi connectivity index (χ1n) is 5.71. The minimum atomic E-state index is 0.106. The number of hydrogen-bond donors (Lipinski definition) is 1. The summed E-state index contributed by atoms with van der Waals surface area (Å²) in [7, 11) is 0. The summed E-state index contributed by atoms with van der Waals surface area (Å²) in [4.78, 5) is 13.7. The molecule has 1 saturated carbocycles. The van der Waals surface area contributed by atoms with Crippen molar-refractivity contribution in [3.63, 3.8) is 0 Å². The van der Waals surface area contributed by atoms with Gasteiger partial charge < -0.3 is 10.0 Å². The van der Waals surface area contributed by atoms with Crippen LogP contribution in [0.3, 0.4) is 0 Å². The third kappa shape index (κ3) is 2.27. The number of carbonyl (C=O) groups excluding carboxylic acids is 1. The molecule has 1 unspecified atom stereocenters. The maximum absolute atomic E-state index is 11.8. The van der Waals surface area contributed by atoms with Gasteiger partial charge in [0.05, 0.1) is 12.6 Å². The van der Waals surface area contributed by atoms with Gasteiger partial charge in [-0.1, -0.05) is 0 Å². The lowest BCUT2D eigenvalue weighted by Gasteiger charge is -2.34. The largest absolute Gasteiger partial charge is 0.394 e. The van der Waals surface area contributed by atoms with E-state index in [1.54, 1.807) is 0 Å². The van der Waals surface area contributed by atoms with E-state index in [0.717, 1.165) is 32.2 Å². The average Bonchev–Trinajstić information content (AvgIpc) is 3.01. The van der Waals surface area contributed by atoms with E-state index in [-0.39, 0.29) is 18.6 Å².